The first kappa shape index (κ1) is 15.6. The number of rotatable bonds is 5. The van der Waals surface area contributed by atoms with Crippen LogP contribution in [0.5, 0.6) is 0 Å². The molecule has 0 radical (unpaired) electrons. The number of hydrogen-bond donors (Lipinski definition) is 0. The monoisotopic (exact) mass is 366 g/mol. The smallest absolute Gasteiger partial charge is 0.170 e. The molecule has 3 heteroatoms. The molecule has 23 heavy (non-hydrogen) atoms. The second-order valence-electron chi connectivity index (χ2n) is 5.47. The van der Waals surface area contributed by atoms with E-state index >= 15 is 0 Å². The fourth-order valence-corrected chi connectivity index (χ4v) is 2.99. The number of Topliss-reactive ketones (excluding diaryl/α,β-unsaturated/α-hetero) is 2. The van der Waals surface area contributed by atoms with Crippen LogP contribution in [-0.4, -0.2) is 11.6 Å². The quantitative estimate of drug-likeness (QED) is 0.471. The van der Waals surface area contributed by atoms with E-state index < -0.39 is 0 Å². The summed E-state index contributed by atoms with van der Waals surface area (Å²) in [7, 11) is 0. The van der Waals surface area contributed by atoms with E-state index in [2.05, 4.69) is 15.9 Å². The fraction of sp³-hybridized carbons (Fsp3) is 0.100. The van der Waals surface area contributed by atoms with Crippen LogP contribution in [0.25, 0.3) is 10.8 Å². The van der Waals surface area contributed by atoms with Crippen molar-refractivity contribution >= 4 is 38.3 Å². The third-order valence-electron chi connectivity index (χ3n) is 3.77. The molecule has 0 aliphatic heterocycles. The van der Waals surface area contributed by atoms with E-state index in [1.54, 1.807) is 6.07 Å². The molecular formula is C20H15BrO2. The van der Waals surface area contributed by atoms with Gasteiger partial charge < -0.3 is 0 Å². The molecule has 3 aromatic rings. The summed E-state index contributed by atoms with van der Waals surface area (Å²) in [6, 6.07) is 21.0. The molecule has 3 aromatic carbocycles. The Morgan fingerprint density at radius 2 is 1.52 bits per heavy atom. The molecule has 2 nitrogen and oxygen atoms in total. The van der Waals surface area contributed by atoms with E-state index in [0.29, 0.717) is 5.56 Å². The zero-order valence-corrected chi connectivity index (χ0v) is 14.0. The first-order chi connectivity index (χ1) is 11.1. The average Bonchev–Trinajstić information content (AvgIpc) is 2.56. The van der Waals surface area contributed by atoms with Gasteiger partial charge >= 0.3 is 0 Å². The summed E-state index contributed by atoms with van der Waals surface area (Å²) in [5.41, 5.74) is 1.49. The normalized spacial score (nSPS) is 10.7. The van der Waals surface area contributed by atoms with E-state index in [-0.39, 0.29) is 24.4 Å². The molecule has 0 spiro atoms. The number of benzene rings is 3. The Morgan fingerprint density at radius 1 is 0.826 bits per heavy atom. The molecule has 0 saturated heterocycles. The minimum Gasteiger partial charge on any atom is -0.299 e. The Morgan fingerprint density at radius 3 is 2.30 bits per heavy atom. The van der Waals surface area contributed by atoms with Crippen molar-refractivity contribution in [3.05, 3.63) is 82.3 Å². The minimum absolute atomic E-state index is 0.0698. The van der Waals surface area contributed by atoms with Gasteiger partial charge in [0.1, 0.15) is 5.78 Å². The lowest BCUT2D eigenvalue weighted by Crippen LogP contribution is -2.11. The Bertz CT molecular complexity index is 883. The lowest BCUT2D eigenvalue weighted by atomic mass is 9.99. The first-order valence-corrected chi connectivity index (χ1v) is 8.20. The molecule has 0 aromatic heterocycles. The molecule has 0 saturated carbocycles. The molecule has 0 atom stereocenters. The molecule has 0 bridgehead atoms. The second kappa shape index (κ2) is 6.88. The van der Waals surface area contributed by atoms with E-state index in [1.165, 1.54) is 0 Å². The lowest BCUT2D eigenvalue weighted by Gasteiger charge is -2.05. The maximum absolute atomic E-state index is 12.3. The second-order valence-corrected chi connectivity index (χ2v) is 6.32. The minimum atomic E-state index is -0.132. The highest BCUT2D eigenvalue weighted by molar-refractivity contribution is 9.10. The Balaban J connectivity index is 1.72. The lowest BCUT2D eigenvalue weighted by molar-refractivity contribution is -0.117. The molecule has 0 unspecified atom stereocenters. The predicted octanol–water partition coefficient (Wildman–Crippen LogP) is 4.99. The van der Waals surface area contributed by atoms with Crippen molar-refractivity contribution in [2.75, 3.05) is 0 Å². The van der Waals surface area contributed by atoms with Gasteiger partial charge in [-0.3, -0.25) is 9.59 Å². The van der Waals surface area contributed by atoms with E-state index in [4.69, 9.17) is 0 Å². The molecule has 0 fully saturated rings. The van der Waals surface area contributed by atoms with E-state index in [9.17, 15) is 9.59 Å². The van der Waals surface area contributed by atoms with Crippen LogP contribution in [0.15, 0.2) is 71.2 Å². The van der Waals surface area contributed by atoms with Gasteiger partial charge in [-0.15, -0.1) is 0 Å². The van der Waals surface area contributed by atoms with Gasteiger partial charge in [-0.05, 0) is 28.5 Å². The Hall–Kier alpha value is -2.26. The van der Waals surface area contributed by atoms with Crippen molar-refractivity contribution in [3.63, 3.8) is 0 Å². The molecule has 0 heterocycles. The molecule has 114 valence electrons. The third-order valence-corrected chi connectivity index (χ3v) is 4.55. The van der Waals surface area contributed by atoms with Gasteiger partial charge in [-0.1, -0.05) is 70.5 Å². The number of fused-ring (bicyclic) bond motifs is 1. The van der Waals surface area contributed by atoms with Gasteiger partial charge in [-0.2, -0.15) is 0 Å². The maximum atomic E-state index is 12.3. The van der Waals surface area contributed by atoms with Crippen molar-refractivity contribution < 1.29 is 9.59 Å². The standard InChI is InChI=1S/C20H15BrO2/c21-19-8-4-3-7-16(19)12-18(22)13-20(23)17-10-9-14-5-1-2-6-15(14)11-17/h1-11H,12-13H2. The molecular weight excluding hydrogens is 352 g/mol. The average molecular weight is 367 g/mol. The maximum Gasteiger partial charge on any atom is 0.170 e. The number of carbonyl (C=O) groups is 2. The number of halogens is 1. The zero-order valence-electron chi connectivity index (χ0n) is 12.5. The van der Waals surface area contributed by atoms with Gasteiger partial charge in [0.15, 0.2) is 5.78 Å². The molecule has 3 rings (SSSR count). The number of carbonyl (C=O) groups excluding carboxylic acids is 2. The van der Waals surface area contributed by atoms with Crippen LogP contribution in [0.4, 0.5) is 0 Å². The van der Waals surface area contributed by atoms with Crippen LogP contribution in [-0.2, 0) is 11.2 Å². The number of hydrogen-bond acceptors (Lipinski definition) is 2. The van der Waals surface area contributed by atoms with Gasteiger partial charge in [0.25, 0.3) is 0 Å². The summed E-state index contributed by atoms with van der Waals surface area (Å²) < 4.78 is 0.895. The van der Waals surface area contributed by atoms with Crippen LogP contribution >= 0.6 is 15.9 Å². The Kier molecular flexibility index (Phi) is 4.68. The van der Waals surface area contributed by atoms with Crippen molar-refractivity contribution in [2.24, 2.45) is 0 Å². The van der Waals surface area contributed by atoms with Gasteiger partial charge in [0.05, 0.1) is 6.42 Å². The topological polar surface area (TPSA) is 34.1 Å². The molecule has 0 amide bonds. The largest absolute Gasteiger partial charge is 0.299 e. The highest BCUT2D eigenvalue weighted by atomic mass is 79.9. The highest BCUT2D eigenvalue weighted by Crippen LogP contribution is 2.19. The summed E-state index contributed by atoms with van der Waals surface area (Å²) in [6.45, 7) is 0. The number of ketones is 2. The van der Waals surface area contributed by atoms with Crippen LogP contribution in [0.3, 0.4) is 0 Å². The summed E-state index contributed by atoms with van der Waals surface area (Å²) in [5.74, 6) is -0.206. The SMILES string of the molecule is O=C(CC(=O)c1ccc2ccccc2c1)Cc1ccccc1Br. The van der Waals surface area contributed by atoms with Crippen molar-refractivity contribution in [1.82, 2.24) is 0 Å². The van der Waals surface area contributed by atoms with E-state index in [0.717, 1.165) is 20.8 Å². The van der Waals surface area contributed by atoms with Gasteiger partial charge in [-0.25, -0.2) is 0 Å². The molecule has 0 aliphatic carbocycles. The van der Waals surface area contributed by atoms with Gasteiger partial charge in [0, 0.05) is 16.5 Å². The van der Waals surface area contributed by atoms with Crippen LogP contribution < -0.4 is 0 Å². The highest BCUT2D eigenvalue weighted by Gasteiger charge is 2.14. The summed E-state index contributed by atoms with van der Waals surface area (Å²) in [5, 5.41) is 2.10. The fourth-order valence-electron chi connectivity index (χ4n) is 2.56. The van der Waals surface area contributed by atoms with Crippen molar-refractivity contribution in [1.29, 1.82) is 0 Å². The summed E-state index contributed by atoms with van der Waals surface area (Å²) >= 11 is 3.43. The van der Waals surface area contributed by atoms with Crippen molar-refractivity contribution in [2.45, 2.75) is 12.8 Å². The predicted molar refractivity (Wildman–Crippen MR) is 95.7 cm³/mol. The Labute approximate surface area is 143 Å². The zero-order chi connectivity index (χ0) is 16.2. The van der Waals surface area contributed by atoms with Crippen LogP contribution in [0.2, 0.25) is 0 Å². The van der Waals surface area contributed by atoms with Crippen LogP contribution in [0.1, 0.15) is 22.3 Å². The summed E-state index contributed by atoms with van der Waals surface area (Å²) in [4.78, 5) is 24.5. The van der Waals surface area contributed by atoms with Gasteiger partial charge in [0.2, 0.25) is 0 Å². The first-order valence-electron chi connectivity index (χ1n) is 7.40. The molecule has 0 N–H and O–H groups in total. The van der Waals surface area contributed by atoms with E-state index in [1.807, 2.05) is 60.7 Å². The summed E-state index contributed by atoms with van der Waals surface area (Å²) in [6.07, 6.45) is 0.195. The van der Waals surface area contributed by atoms with Crippen molar-refractivity contribution in [3.8, 4) is 0 Å². The third kappa shape index (κ3) is 3.74. The molecule has 0 aliphatic rings. The van der Waals surface area contributed by atoms with Crippen LogP contribution in [0, 0.1) is 0 Å².